The second kappa shape index (κ2) is 6.23. The van der Waals surface area contributed by atoms with Gasteiger partial charge in [0, 0.05) is 30.8 Å². The van der Waals surface area contributed by atoms with Crippen molar-refractivity contribution in [2.75, 3.05) is 11.4 Å². The Bertz CT molecular complexity index is 1160. The highest BCUT2D eigenvalue weighted by molar-refractivity contribution is 6.05. The zero-order valence-corrected chi connectivity index (χ0v) is 15.3. The Labute approximate surface area is 158 Å². The SMILES string of the molecule is CCn1c([C@@H]2CC(=O)N(c3cccc4ccccc34)C2)nc2ccccc21. The summed E-state index contributed by atoms with van der Waals surface area (Å²) in [7, 11) is 0. The molecule has 0 unspecified atom stereocenters. The van der Waals surface area contributed by atoms with Crippen LogP contribution in [0.5, 0.6) is 0 Å². The van der Waals surface area contributed by atoms with Crippen LogP contribution in [0.4, 0.5) is 5.69 Å². The first-order valence-electron chi connectivity index (χ1n) is 9.49. The van der Waals surface area contributed by atoms with E-state index in [2.05, 4.69) is 35.8 Å². The van der Waals surface area contributed by atoms with Crippen molar-refractivity contribution in [2.24, 2.45) is 0 Å². The second-order valence-electron chi connectivity index (χ2n) is 7.11. The largest absolute Gasteiger partial charge is 0.328 e. The number of hydrogen-bond donors (Lipinski definition) is 0. The smallest absolute Gasteiger partial charge is 0.227 e. The highest BCUT2D eigenvalue weighted by Crippen LogP contribution is 2.36. The van der Waals surface area contributed by atoms with Gasteiger partial charge in [-0.15, -0.1) is 0 Å². The lowest BCUT2D eigenvalue weighted by atomic mass is 10.1. The molecule has 3 aromatic carbocycles. The third-order valence-corrected chi connectivity index (χ3v) is 5.55. The fourth-order valence-corrected chi connectivity index (χ4v) is 4.30. The fourth-order valence-electron chi connectivity index (χ4n) is 4.30. The molecule has 1 saturated heterocycles. The van der Waals surface area contributed by atoms with Gasteiger partial charge in [0.05, 0.1) is 16.7 Å². The quantitative estimate of drug-likeness (QED) is 0.533. The van der Waals surface area contributed by atoms with Gasteiger partial charge in [-0.05, 0) is 30.5 Å². The molecule has 1 fully saturated rings. The Morgan fingerprint density at radius 1 is 1.00 bits per heavy atom. The van der Waals surface area contributed by atoms with Gasteiger partial charge in [0.2, 0.25) is 5.91 Å². The molecule has 0 aliphatic carbocycles. The summed E-state index contributed by atoms with van der Waals surface area (Å²) in [5.41, 5.74) is 3.15. The van der Waals surface area contributed by atoms with E-state index in [1.165, 1.54) is 0 Å². The molecule has 0 saturated carbocycles. The minimum Gasteiger partial charge on any atom is -0.328 e. The summed E-state index contributed by atoms with van der Waals surface area (Å²) in [5.74, 6) is 1.31. The highest BCUT2D eigenvalue weighted by Gasteiger charge is 2.35. The third kappa shape index (κ3) is 2.52. The van der Waals surface area contributed by atoms with Gasteiger partial charge in [-0.1, -0.05) is 48.5 Å². The normalized spacial score (nSPS) is 17.3. The summed E-state index contributed by atoms with van der Waals surface area (Å²) >= 11 is 0. The van der Waals surface area contributed by atoms with Gasteiger partial charge in [-0.25, -0.2) is 4.98 Å². The number of aryl methyl sites for hydroxylation is 1. The Balaban J connectivity index is 1.56. The first-order valence-corrected chi connectivity index (χ1v) is 9.49. The van der Waals surface area contributed by atoms with Crippen LogP contribution in [0.25, 0.3) is 21.8 Å². The molecular weight excluding hydrogens is 334 g/mol. The van der Waals surface area contributed by atoms with E-state index in [1.54, 1.807) is 0 Å². The molecule has 0 N–H and O–H groups in total. The van der Waals surface area contributed by atoms with Crippen LogP contribution in [0.2, 0.25) is 0 Å². The van der Waals surface area contributed by atoms with Crippen LogP contribution in [-0.4, -0.2) is 22.0 Å². The van der Waals surface area contributed by atoms with Gasteiger partial charge in [0.15, 0.2) is 0 Å². The number of benzene rings is 3. The number of imidazole rings is 1. The van der Waals surface area contributed by atoms with Crippen LogP contribution in [-0.2, 0) is 11.3 Å². The molecule has 4 aromatic rings. The molecular formula is C23H21N3O. The summed E-state index contributed by atoms with van der Waals surface area (Å²) in [6.45, 7) is 3.67. The summed E-state index contributed by atoms with van der Waals surface area (Å²) in [6.07, 6.45) is 0.506. The number of para-hydroxylation sites is 2. The highest BCUT2D eigenvalue weighted by atomic mass is 16.2. The fraction of sp³-hybridized carbons (Fsp3) is 0.217. The number of anilines is 1. The third-order valence-electron chi connectivity index (χ3n) is 5.55. The van der Waals surface area contributed by atoms with E-state index in [9.17, 15) is 4.79 Å². The zero-order valence-electron chi connectivity index (χ0n) is 15.3. The number of carbonyl (C=O) groups is 1. The van der Waals surface area contributed by atoms with Crippen molar-refractivity contribution < 1.29 is 4.79 Å². The van der Waals surface area contributed by atoms with Crippen molar-refractivity contribution in [3.05, 3.63) is 72.6 Å². The van der Waals surface area contributed by atoms with Gasteiger partial charge in [-0.2, -0.15) is 0 Å². The Kier molecular flexibility index (Phi) is 3.71. The van der Waals surface area contributed by atoms with E-state index >= 15 is 0 Å². The van der Waals surface area contributed by atoms with E-state index in [0.717, 1.165) is 39.9 Å². The number of amides is 1. The number of carbonyl (C=O) groups excluding carboxylic acids is 1. The lowest BCUT2D eigenvalue weighted by Gasteiger charge is -2.19. The maximum Gasteiger partial charge on any atom is 0.227 e. The maximum absolute atomic E-state index is 12.9. The molecule has 27 heavy (non-hydrogen) atoms. The number of nitrogens with zero attached hydrogens (tertiary/aromatic N) is 3. The first-order chi connectivity index (χ1) is 13.3. The van der Waals surface area contributed by atoms with Crippen molar-refractivity contribution in [3.63, 3.8) is 0 Å². The molecule has 1 amide bonds. The molecule has 0 bridgehead atoms. The van der Waals surface area contributed by atoms with Crippen LogP contribution in [0.15, 0.2) is 66.7 Å². The number of hydrogen-bond acceptors (Lipinski definition) is 2. The van der Waals surface area contributed by atoms with Crippen LogP contribution in [0.1, 0.15) is 25.1 Å². The molecule has 1 atom stereocenters. The average molecular weight is 355 g/mol. The molecule has 1 aliphatic rings. The average Bonchev–Trinajstić information content (AvgIpc) is 3.27. The van der Waals surface area contributed by atoms with E-state index in [4.69, 9.17) is 4.98 Å². The molecule has 4 nitrogen and oxygen atoms in total. The van der Waals surface area contributed by atoms with Gasteiger partial charge >= 0.3 is 0 Å². The minimum atomic E-state index is 0.115. The Morgan fingerprint density at radius 2 is 1.78 bits per heavy atom. The first kappa shape index (κ1) is 16.1. The maximum atomic E-state index is 12.9. The molecule has 134 valence electrons. The van der Waals surface area contributed by atoms with Crippen molar-refractivity contribution in [1.82, 2.24) is 9.55 Å². The number of aromatic nitrogens is 2. The van der Waals surface area contributed by atoms with Crippen LogP contribution >= 0.6 is 0 Å². The number of fused-ring (bicyclic) bond motifs is 2. The minimum absolute atomic E-state index is 0.115. The Morgan fingerprint density at radius 3 is 2.67 bits per heavy atom. The van der Waals surface area contributed by atoms with Gasteiger partial charge < -0.3 is 9.47 Å². The molecule has 2 heterocycles. The lowest BCUT2D eigenvalue weighted by molar-refractivity contribution is -0.117. The van der Waals surface area contributed by atoms with Crippen LogP contribution in [0, 0.1) is 0 Å². The predicted octanol–water partition coefficient (Wildman–Crippen LogP) is 4.73. The van der Waals surface area contributed by atoms with Crippen molar-refractivity contribution in [1.29, 1.82) is 0 Å². The zero-order chi connectivity index (χ0) is 18.4. The van der Waals surface area contributed by atoms with Crippen molar-refractivity contribution in [2.45, 2.75) is 25.8 Å². The van der Waals surface area contributed by atoms with Crippen molar-refractivity contribution in [3.8, 4) is 0 Å². The van der Waals surface area contributed by atoms with Gasteiger partial charge in [0.25, 0.3) is 0 Å². The summed E-state index contributed by atoms with van der Waals surface area (Å²) in [6, 6.07) is 22.6. The van der Waals surface area contributed by atoms with E-state index in [0.29, 0.717) is 13.0 Å². The second-order valence-corrected chi connectivity index (χ2v) is 7.11. The van der Waals surface area contributed by atoms with E-state index in [-0.39, 0.29) is 11.8 Å². The predicted molar refractivity (Wildman–Crippen MR) is 109 cm³/mol. The summed E-state index contributed by atoms with van der Waals surface area (Å²) in [4.78, 5) is 19.7. The monoisotopic (exact) mass is 355 g/mol. The Hall–Kier alpha value is -3.14. The molecule has 1 aliphatic heterocycles. The van der Waals surface area contributed by atoms with Crippen LogP contribution < -0.4 is 4.90 Å². The molecule has 0 spiro atoms. The molecule has 4 heteroatoms. The van der Waals surface area contributed by atoms with E-state index in [1.807, 2.05) is 47.4 Å². The number of rotatable bonds is 3. The standard InChI is InChI=1S/C23H21N3O/c1-2-25-21-12-6-5-11-19(21)24-23(25)17-14-22(27)26(15-17)20-13-7-9-16-8-3-4-10-18(16)20/h3-13,17H,2,14-15H2,1H3/t17-/m1/s1. The van der Waals surface area contributed by atoms with Crippen LogP contribution in [0.3, 0.4) is 0 Å². The summed E-state index contributed by atoms with van der Waals surface area (Å²) < 4.78 is 2.25. The molecule has 5 rings (SSSR count). The van der Waals surface area contributed by atoms with Crippen molar-refractivity contribution >= 4 is 33.4 Å². The van der Waals surface area contributed by atoms with Gasteiger partial charge in [-0.3, -0.25) is 4.79 Å². The van der Waals surface area contributed by atoms with Gasteiger partial charge in [0.1, 0.15) is 5.82 Å². The topological polar surface area (TPSA) is 38.1 Å². The summed E-state index contributed by atoms with van der Waals surface area (Å²) in [5, 5.41) is 2.28. The van der Waals surface area contributed by atoms with E-state index < -0.39 is 0 Å². The lowest BCUT2D eigenvalue weighted by Crippen LogP contribution is -2.24. The molecule has 0 radical (unpaired) electrons. The molecule has 1 aromatic heterocycles.